The monoisotopic (exact) mass is 434 g/mol. The van der Waals surface area contributed by atoms with E-state index in [-0.39, 0.29) is 15.6 Å². The van der Waals surface area contributed by atoms with Crippen molar-refractivity contribution in [1.29, 1.82) is 0 Å². The molecule has 0 aliphatic carbocycles. The van der Waals surface area contributed by atoms with Crippen LogP contribution < -0.4 is 0 Å². The second-order valence-corrected chi connectivity index (χ2v) is 8.96. The van der Waals surface area contributed by atoms with Crippen molar-refractivity contribution in [1.82, 2.24) is 38.5 Å². The highest BCUT2D eigenvalue weighted by Crippen LogP contribution is 2.39. The van der Waals surface area contributed by atoms with Gasteiger partial charge < -0.3 is 0 Å². The predicted molar refractivity (Wildman–Crippen MR) is 107 cm³/mol. The molecule has 0 fully saturated rings. The lowest BCUT2D eigenvalue weighted by Crippen LogP contribution is -2.15. The molecule has 4 aromatic heterocycles. The van der Waals surface area contributed by atoms with Gasteiger partial charge in [0.05, 0.1) is 22.6 Å². The van der Waals surface area contributed by atoms with Gasteiger partial charge in [-0.2, -0.15) is 32.9 Å². The number of aryl methyl sites for hydroxylation is 5. The first-order chi connectivity index (χ1) is 13.6. The molecule has 0 radical (unpaired) electrons. The van der Waals surface area contributed by atoms with E-state index in [9.17, 15) is 8.42 Å². The Morgan fingerprint density at radius 1 is 0.862 bits per heavy atom. The third-order valence-electron chi connectivity index (χ3n) is 4.54. The van der Waals surface area contributed by atoms with E-state index in [4.69, 9.17) is 11.6 Å². The van der Waals surface area contributed by atoms with Crippen molar-refractivity contribution in [3.05, 3.63) is 41.2 Å². The molecule has 0 aromatic carbocycles. The van der Waals surface area contributed by atoms with Crippen molar-refractivity contribution in [2.75, 3.05) is 0 Å². The molecular formula is C17H19ClN8O2S. The summed E-state index contributed by atoms with van der Waals surface area (Å²) in [5.74, 6) is 0. The van der Waals surface area contributed by atoms with Gasteiger partial charge in [0.1, 0.15) is 16.3 Å². The molecule has 0 spiro atoms. The van der Waals surface area contributed by atoms with Crippen LogP contribution in [0.3, 0.4) is 0 Å². The summed E-state index contributed by atoms with van der Waals surface area (Å²) in [5, 5.41) is 17.2. The Labute approximate surface area is 172 Å². The van der Waals surface area contributed by atoms with Crippen molar-refractivity contribution in [2.45, 2.75) is 18.7 Å². The van der Waals surface area contributed by atoms with Gasteiger partial charge in [-0.05, 0) is 13.8 Å². The third-order valence-corrected chi connectivity index (χ3v) is 6.43. The molecule has 0 saturated carbocycles. The van der Waals surface area contributed by atoms with E-state index >= 15 is 0 Å². The molecule has 0 atom stereocenters. The summed E-state index contributed by atoms with van der Waals surface area (Å²) in [6.07, 6.45) is 6.16. The van der Waals surface area contributed by atoms with Crippen LogP contribution in [-0.4, -0.2) is 46.9 Å². The lowest BCUT2D eigenvalue weighted by molar-refractivity contribution is 0.581. The SMILES string of the molecule is Cc1nn(C)cc1-c1nn(S(=O)(=O)c2cnn(C)c2)c(-c2cn(C)nc2C)c1Cl. The normalized spacial score (nSPS) is 12.1. The average molecular weight is 435 g/mol. The topological polar surface area (TPSA) is 105 Å². The molecule has 12 heteroatoms. The Morgan fingerprint density at radius 2 is 1.45 bits per heavy atom. The van der Waals surface area contributed by atoms with Crippen LogP contribution in [0.2, 0.25) is 5.02 Å². The number of rotatable bonds is 4. The highest BCUT2D eigenvalue weighted by molar-refractivity contribution is 7.90. The maximum Gasteiger partial charge on any atom is 0.286 e. The van der Waals surface area contributed by atoms with E-state index in [0.29, 0.717) is 28.2 Å². The molecule has 0 amide bonds. The molecule has 0 bridgehead atoms. The van der Waals surface area contributed by atoms with Gasteiger partial charge in [0.25, 0.3) is 10.0 Å². The van der Waals surface area contributed by atoms with Gasteiger partial charge in [-0.15, -0.1) is 0 Å². The number of hydrogen-bond acceptors (Lipinski definition) is 6. The number of halogens is 1. The fourth-order valence-electron chi connectivity index (χ4n) is 3.24. The molecule has 4 heterocycles. The Hall–Kier alpha value is -2.92. The zero-order chi connectivity index (χ0) is 21.1. The first kappa shape index (κ1) is 19.4. The van der Waals surface area contributed by atoms with Crippen LogP contribution >= 0.6 is 11.6 Å². The summed E-state index contributed by atoms with van der Waals surface area (Å²) < 4.78 is 32.4. The summed E-state index contributed by atoms with van der Waals surface area (Å²) in [6.45, 7) is 3.60. The quantitative estimate of drug-likeness (QED) is 0.486. The predicted octanol–water partition coefficient (Wildman–Crippen LogP) is 1.92. The zero-order valence-corrected chi connectivity index (χ0v) is 18.1. The van der Waals surface area contributed by atoms with Crippen LogP contribution in [0.15, 0.2) is 29.7 Å². The standard InChI is InChI=1S/C17H19ClN8O2S/c1-10-13(8-24(4)20-10)16-15(18)17(14-9-25(5)21-11(14)2)26(22-16)29(27,28)12-6-19-23(3)7-12/h6-9H,1-5H3. The molecule has 29 heavy (non-hydrogen) atoms. The van der Waals surface area contributed by atoms with E-state index in [0.717, 1.165) is 4.09 Å². The van der Waals surface area contributed by atoms with Crippen LogP contribution in [0, 0.1) is 13.8 Å². The second-order valence-electron chi connectivity index (χ2n) is 6.81. The number of aromatic nitrogens is 8. The molecule has 4 rings (SSSR count). The van der Waals surface area contributed by atoms with Crippen molar-refractivity contribution in [3.63, 3.8) is 0 Å². The highest BCUT2D eigenvalue weighted by atomic mass is 35.5. The fraction of sp³-hybridized carbons (Fsp3) is 0.294. The molecule has 0 aliphatic rings. The van der Waals surface area contributed by atoms with Gasteiger partial charge in [0.2, 0.25) is 0 Å². The van der Waals surface area contributed by atoms with Gasteiger partial charge in [0.15, 0.2) is 0 Å². The first-order valence-corrected chi connectivity index (χ1v) is 10.5. The molecule has 0 aliphatic heterocycles. The van der Waals surface area contributed by atoms with Gasteiger partial charge >= 0.3 is 0 Å². The van der Waals surface area contributed by atoms with Gasteiger partial charge in [0, 0.05) is 50.9 Å². The highest BCUT2D eigenvalue weighted by Gasteiger charge is 2.31. The van der Waals surface area contributed by atoms with Gasteiger partial charge in [-0.3, -0.25) is 14.0 Å². The summed E-state index contributed by atoms with van der Waals surface area (Å²) in [4.78, 5) is 0.0106. The number of nitrogens with zero attached hydrogens (tertiary/aromatic N) is 8. The Bertz CT molecular complexity index is 1340. The van der Waals surface area contributed by atoms with Crippen LogP contribution in [-0.2, 0) is 31.2 Å². The molecule has 152 valence electrons. The van der Waals surface area contributed by atoms with Crippen LogP contribution in [0.4, 0.5) is 0 Å². The van der Waals surface area contributed by atoms with Crippen molar-refractivity contribution < 1.29 is 8.42 Å². The molecular weight excluding hydrogens is 416 g/mol. The first-order valence-electron chi connectivity index (χ1n) is 8.63. The smallest absolute Gasteiger partial charge is 0.275 e. The van der Waals surface area contributed by atoms with Crippen LogP contribution in [0.5, 0.6) is 0 Å². The minimum atomic E-state index is -4.05. The van der Waals surface area contributed by atoms with Crippen LogP contribution in [0.25, 0.3) is 22.5 Å². The van der Waals surface area contributed by atoms with Crippen molar-refractivity contribution in [3.8, 4) is 22.5 Å². The van der Waals surface area contributed by atoms with E-state index in [2.05, 4.69) is 20.4 Å². The molecule has 0 N–H and O–H groups in total. The Kier molecular flexibility index (Phi) is 4.39. The largest absolute Gasteiger partial charge is 0.286 e. The van der Waals surface area contributed by atoms with Crippen molar-refractivity contribution >= 4 is 21.6 Å². The Morgan fingerprint density at radius 3 is 1.93 bits per heavy atom. The summed E-state index contributed by atoms with van der Waals surface area (Å²) in [5.41, 5.74) is 3.13. The summed E-state index contributed by atoms with van der Waals surface area (Å²) in [6, 6.07) is 0. The Balaban J connectivity index is 2.05. The van der Waals surface area contributed by atoms with Crippen molar-refractivity contribution in [2.24, 2.45) is 21.1 Å². The minimum absolute atomic E-state index is 0.0106. The average Bonchev–Trinajstić information content (AvgIpc) is 3.36. The summed E-state index contributed by atoms with van der Waals surface area (Å²) in [7, 11) is 1.13. The number of hydrogen-bond donors (Lipinski definition) is 0. The fourth-order valence-corrected chi connectivity index (χ4v) is 4.90. The van der Waals surface area contributed by atoms with Crippen LogP contribution in [0.1, 0.15) is 11.4 Å². The lowest BCUT2D eigenvalue weighted by Gasteiger charge is -2.06. The second kappa shape index (κ2) is 6.56. The molecule has 10 nitrogen and oxygen atoms in total. The zero-order valence-electron chi connectivity index (χ0n) is 16.5. The third kappa shape index (κ3) is 3.06. The maximum atomic E-state index is 13.4. The van der Waals surface area contributed by atoms with E-state index < -0.39 is 10.0 Å². The molecule has 0 saturated heterocycles. The van der Waals surface area contributed by atoms with E-state index in [1.807, 2.05) is 6.92 Å². The maximum absolute atomic E-state index is 13.4. The van der Waals surface area contributed by atoms with Gasteiger partial charge in [-0.25, -0.2) is 0 Å². The molecule has 0 unspecified atom stereocenters. The van der Waals surface area contributed by atoms with E-state index in [1.165, 1.54) is 17.1 Å². The minimum Gasteiger partial charge on any atom is -0.275 e. The summed E-state index contributed by atoms with van der Waals surface area (Å²) >= 11 is 6.72. The van der Waals surface area contributed by atoms with Gasteiger partial charge in [-0.1, -0.05) is 11.6 Å². The lowest BCUT2D eigenvalue weighted by atomic mass is 10.1. The molecule has 4 aromatic rings. The van der Waals surface area contributed by atoms with E-state index in [1.54, 1.807) is 49.8 Å².